The molecule has 9 heteroatoms. The Labute approximate surface area is 182 Å². The fourth-order valence-corrected chi connectivity index (χ4v) is 4.42. The zero-order chi connectivity index (χ0) is 20.7. The molecule has 150 valence electrons. The number of aromatic nitrogens is 1. The van der Waals surface area contributed by atoms with Crippen LogP contribution in [0.3, 0.4) is 0 Å². The smallest absolute Gasteiger partial charge is 0.355 e. The summed E-state index contributed by atoms with van der Waals surface area (Å²) >= 11 is 7.09. The van der Waals surface area contributed by atoms with E-state index in [1.54, 1.807) is 16.7 Å². The quantitative estimate of drug-likeness (QED) is 0.467. The van der Waals surface area contributed by atoms with Gasteiger partial charge < -0.3 is 23.5 Å². The minimum Gasteiger partial charge on any atom is -0.465 e. The molecule has 0 amide bonds. The molecule has 29 heavy (non-hydrogen) atoms. The predicted octanol–water partition coefficient (Wildman–Crippen LogP) is 4.52. The summed E-state index contributed by atoms with van der Waals surface area (Å²) in [6.07, 6.45) is 0. The van der Waals surface area contributed by atoms with Crippen molar-refractivity contribution in [3.8, 4) is 11.5 Å². The first-order chi connectivity index (χ1) is 14.0. The number of esters is 2. The number of methoxy groups -OCH3 is 2. The lowest BCUT2D eigenvalue weighted by Gasteiger charge is -2.13. The molecular weight excluding hydrogens is 510 g/mol. The number of benzene rings is 2. The molecule has 3 aromatic rings. The first-order valence-corrected chi connectivity index (χ1v) is 10.1. The van der Waals surface area contributed by atoms with Gasteiger partial charge in [0.15, 0.2) is 11.5 Å². The Morgan fingerprint density at radius 1 is 1.03 bits per heavy atom. The minimum absolute atomic E-state index is 0.116. The molecule has 1 aromatic heterocycles. The van der Waals surface area contributed by atoms with Gasteiger partial charge in [-0.2, -0.15) is 0 Å². The monoisotopic (exact) mass is 523 g/mol. The zero-order valence-corrected chi connectivity index (χ0v) is 18.6. The Morgan fingerprint density at radius 3 is 2.41 bits per heavy atom. The van der Waals surface area contributed by atoms with Crippen LogP contribution in [0.25, 0.3) is 10.9 Å². The van der Waals surface area contributed by atoms with Crippen LogP contribution in [0.4, 0.5) is 0 Å². The van der Waals surface area contributed by atoms with Crippen LogP contribution in [-0.2, 0) is 16.0 Å². The summed E-state index contributed by atoms with van der Waals surface area (Å²) in [5.41, 5.74) is 1.79. The van der Waals surface area contributed by atoms with Crippen LogP contribution in [0.2, 0.25) is 0 Å². The van der Waals surface area contributed by atoms with Crippen LogP contribution in [0, 0.1) is 0 Å². The number of carbonyl (C=O) groups is 2. The van der Waals surface area contributed by atoms with Crippen LogP contribution >= 0.6 is 31.9 Å². The maximum absolute atomic E-state index is 12.7. The number of nitrogens with zero attached hydrogens (tertiary/aromatic N) is 1. The fourth-order valence-electron chi connectivity index (χ4n) is 3.39. The second kappa shape index (κ2) is 7.72. The van der Waals surface area contributed by atoms with Crippen LogP contribution < -0.4 is 9.47 Å². The van der Waals surface area contributed by atoms with Gasteiger partial charge in [-0.1, -0.05) is 28.1 Å². The minimum atomic E-state index is -0.634. The van der Waals surface area contributed by atoms with Crippen molar-refractivity contribution >= 4 is 54.7 Å². The molecule has 0 bridgehead atoms. The SMILES string of the molecule is COC(=O)c1c(C(=O)OC)n(Cc2cc3c(cc2Br)OCO3)c2c(Br)cccc12. The van der Waals surface area contributed by atoms with Gasteiger partial charge in [0, 0.05) is 20.9 Å². The number of ether oxygens (including phenoxy) is 4. The molecule has 1 aliphatic rings. The van der Waals surface area contributed by atoms with Crippen molar-refractivity contribution in [2.24, 2.45) is 0 Å². The Morgan fingerprint density at radius 2 is 1.72 bits per heavy atom. The van der Waals surface area contributed by atoms with Gasteiger partial charge in [0.05, 0.1) is 19.7 Å². The second-order valence-electron chi connectivity index (χ2n) is 6.23. The summed E-state index contributed by atoms with van der Waals surface area (Å²) in [7, 11) is 2.55. The van der Waals surface area contributed by atoms with E-state index < -0.39 is 11.9 Å². The van der Waals surface area contributed by atoms with Gasteiger partial charge in [0.2, 0.25) is 6.79 Å². The summed E-state index contributed by atoms with van der Waals surface area (Å²) < 4.78 is 24.1. The van der Waals surface area contributed by atoms with Crippen molar-refractivity contribution in [2.75, 3.05) is 21.0 Å². The first kappa shape index (κ1) is 19.8. The molecular formula is C20H15Br2NO6. The van der Waals surface area contributed by atoms with Crippen LogP contribution in [-0.4, -0.2) is 37.5 Å². The normalized spacial score (nSPS) is 12.3. The first-order valence-electron chi connectivity index (χ1n) is 8.51. The van der Waals surface area contributed by atoms with Crippen molar-refractivity contribution in [2.45, 2.75) is 6.54 Å². The van der Waals surface area contributed by atoms with Crippen LogP contribution in [0.15, 0.2) is 39.3 Å². The number of rotatable bonds is 4. The van der Waals surface area contributed by atoms with E-state index in [-0.39, 0.29) is 24.6 Å². The van der Waals surface area contributed by atoms with E-state index in [0.717, 1.165) is 14.5 Å². The Bertz CT molecular complexity index is 1150. The molecule has 4 rings (SSSR count). The highest BCUT2D eigenvalue weighted by molar-refractivity contribution is 9.11. The number of hydrogen-bond acceptors (Lipinski definition) is 6. The summed E-state index contributed by atoms with van der Waals surface area (Å²) in [5, 5.41) is 0.587. The molecule has 7 nitrogen and oxygen atoms in total. The highest BCUT2D eigenvalue weighted by atomic mass is 79.9. The summed E-state index contributed by atoms with van der Waals surface area (Å²) in [4.78, 5) is 25.3. The molecule has 0 spiro atoms. The standard InChI is InChI=1S/C20H15Br2NO6/c1-26-19(24)16-11-4-3-5-12(21)17(11)23(18(16)20(25)27-2)8-10-6-14-15(7-13(10)22)29-9-28-14/h3-7H,8-9H2,1-2H3. The van der Waals surface area contributed by atoms with Gasteiger partial charge in [0.25, 0.3) is 0 Å². The summed E-state index contributed by atoms with van der Waals surface area (Å²) in [5.74, 6) is 0.0107. The van der Waals surface area contributed by atoms with E-state index >= 15 is 0 Å². The van der Waals surface area contributed by atoms with Crippen molar-refractivity contribution in [1.82, 2.24) is 4.57 Å². The van der Waals surface area contributed by atoms with Gasteiger partial charge in [-0.15, -0.1) is 0 Å². The molecule has 2 heterocycles. The summed E-state index contributed by atoms with van der Waals surface area (Å²) in [6, 6.07) is 9.06. The number of carbonyl (C=O) groups excluding carboxylic acids is 2. The maximum atomic E-state index is 12.7. The molecule has 0 radical (unpaired) electrons. The van der Waals surface area contributed by atoms with Gasteiger partial charge >= 0.3 is 11.9 Å². The van der Waals surface area contributed by atoms with E-state index in [1.807, 2.05) is 18.2 Å². The number of halogens is 2. The van der Waals surface area contributed by atoms with Crippen molar-refractivity contribution in [3.05, 3.63) is 56.1 Å². The fraction of sp³-hybridized carbons (Fsp3) is 0.200. The molecule has 2 aromatic carbocycles. The van der Waals surface area contributed by atoms with Crippen molar-refractivity contribution in [3.63, 3.8) is 0 Å². The Kier molecular flexibility index (Phi) is 5.26. The number of hydrogen-bond donors (Lipinski definition) is 0. The highest BCUT2D eigenvalue weighted by Crippen LogP contribution is 2.39. The lowest BCUT2D eigenvalue weighted by Crippen LogP contribution is -2.16. The zero-order valence-electron chi connectivity index (χ0n) is 15.5. The third-order valence-electron chi connectivity index (χ3n) is 4.67. The van der Waals surface area contributed by atoms with E-state index in [1.165, 1.54) is 14.2 Å². The topological polar surface area (TPSA) is 76.0 Å². The third-order valence-corrected chi connectivity index (χ3v) is 6.05. The second-order valence-corrected chi connectivity index (χ2v) is 7.93. The molecule has 0 fully saturated rings. The number of fused-ring (bicyclic) bond motifs is 2. The molecule has 0 aliphatic carbocycles. The Balaban J connectivity index is 1.99. The lowest BCUT2D eigenvalue weighted by atomic mass is 10.1. The van der Waals surface area contributed by atoms with Crippen LogP contribution in [0.5, 0.6) is 11.5 Å². The molecule has 1 aliphatic heterocycles. The number of para-hydroxylation sites is 1. The maximum Gasteiger partial charge on any atom is 0.355 e. The molecule has 0 atom stereocenters. The highest BCUT2D eigenvalue weighted by Gasteiger charge is 2.30. The molecule has 0 unspecified atom stereocenters. The molecule has 0 saturated carbocycles. The third kappa shape index (κ3) is 3.28. The molecule has 0 N–H and O–H groups in total. The van der Waals surface area contributed by atoms with Crippen LogP contribution in [0.1, 0.15) is 26.4 Å². The van der Waals surface area contributed by atoms with E-state index in [4.69, 9.17) is 18.9 Å². The van der Waals surface area contributed by atoms with Gasteiger partial charge in [-0.3, -0.25) is 0 Å². The van der Waals surface area contributed by atoms with Gasteiger partial charge in [-0.05, 0) is 39.7 Å². The van der Waals surface area contributed by atoms with E-state index in [0.29, 0.717) is 22.4 Å². The van der Waals surface area contributed by atoms with Crippen molar-refractivity contribution in [1.29, 1.82) is 0 Å². The lowest BCUT2D eigenvalue weighted by molar-refractivity contribution is 0.0549. The van der Waals surface area contributed by atoms with E-state index in [2.05, 4.69) is 31.9 Å². The largest absolute Gasteiger partial charge is 0.465 e. The summed E-state index contributed by atoms with van der Waals surface area (Å²) in [6.45, 7) is 0.431. The predicted molar refractivity (Wildman–Crippen MR) is 112 cm³/mol. The van der Waals surface area contributed by atoms with Gasteiger partial charge in [-0.25, -0.2) is 9.59 Å². The molecule has 0 saturated heterocycles. The van der Waals surface area contributed by atoms with Gasteiger partial charge in [0.1, 0.15) is 11.3 Å². The average Bonchev–Trinajstić information content (AvgIpc) is 3.29. The van der Waals surface area contributed by atoms with Crippen molar-refractivity contribution < 1.29 is 28.5 Å². The average molecular weight is 525 g/mol. The van der Waals surface area contributed by atoms with E-state index in [9.17, 15) is 9.59 Å². The Hall–Kier alpha value is -2.52.